The Morgan fingerprint density at radius 2 is 0.918 bits per heavy atom. The molecular weight excluding hydrogens is 753 g/mol. The Hall–Kier alpha value is -4.74. The van der Waals surface area contributed by atoms with Gasteiger partial charge in [-0.1, -0.05) is 104 Å². The summed E-state index contributed by atoms with van der Waals surface area (Å²) >= 11 is 0. The largest absolute Gasteiger partial charge is 0.369 e. The number of benzene rings is 4. The number of hydrogen-bond acceptors (Lipinski definition) is 8. The van der Waals surface area contributed by atoms with Crippen molar-refractivity contribution in [2.24, 2.45) is 7.05 Å². The number of anilines is 2. The number of fused-ring (bicyclic) bond motifs is 2. The van der Waals surface area contributed by atoms with Crippen molar-refractivity contribution in [1.29, 1.82) is 0 Å². The van der Waals surface area contributed by atoms with Crippen LogP contribution in [0.5, 0.6) is 0 Å². The zero-order valence-corrected chi connectivity index (χ0v) is 38.9. The van der Waals surface area contributed by atoms with Crippen LogP contribution in [0, 0.1) is 0 Å². The van der Waals surface area contributed by atoms with Crippen LogP contribution in [-0.4, -0.2) is 137 Å². The minimum atomic E-state index is -0.0568. The van der Waals surface area contributed by atoms with Crippen molar-refractivity contribution >= 4 is 33.4 Å². The summed E-state index contributed by atoms with van der Waals surface area (Å²) in [6, 6.07) is 35.5. The van der Waals surface area contributed by atoms with Gasteiger partial charge < -0.3 is 33.6 Å². The van der Waals surface area contributed by atoms with Gasteiger partial charge in [0.05, 0.1) is 22.1 Å². The highest BCUT2D eigenvalue weighted by atomic mass is 15.4. The van der Waals surface area contributed by atoms with Crippen LogP contribution in [0.1, 0.15) is 61.6 Å². The highest BCUT2D eigenvalue weighted by molar-refractivity contribution is 5.83. The van der Waals surface area contributed by atoms with Gasteiger partial charge in [0.1, 0.15) is 17.8 Å². The number of aryl methyl sites for hydroxylation is 1. The van der Waals surface area contributed by atoms with E-state index >= 15 is 0 Å². The quantitative estimate of drug-likeness (QED) is 0.0567. The Labute approximate surface area is 367 Å². The molecule has 1 atom stereocenters. The lowest BCUT2D eigenvalue weighted by atomic mass is 10.1. The van der Waals surface area contributed by atoms with E-state index in [1.54, 1.807) is 0 Å². The molecule has 10 heteroatoms. The zero-order chi connectivity index (χ0) is 43.3. The summed E-state index contributed by atoms with van der Waals surface area (Å²) in [5.74, 6) is 1.98. The van der Waals surface area contributed by atoms with Gasteiger partial charge >= 0.3 is 0 Å². The Morgan fingerprint density at radius 3 is 1.48 bits per heavy atom. The van der Waals surface area contributed by atoms with Crippen LogP contribution in [0.15, 0.2) is 97.1 Å². The van der Waals surface area contributed by atoms with E-state index < -0.39 is 0 Å². The smallest absolute Gasteiger partial charge is 0.142 e. The third-order valence-corrected chi connectivity index (χ3v) is 13.0. The number of likely N-dealkylation sites (N-methyl/N-ethyl adjacent to an activating group) is 4. The monoisotopic (exact) mass is 827 g/mol. The normalized spacial score (nSPS) is 12.5. The summed E-state index contributed by atoms with van der Waals surface area (Å²) in [4.78, 5) is 26.1. The molecule has 0 saturated heterocycles. The number of para-hydroxylation sites is 4. The molecule has 328 valence electrons. The maximum absolute atomic E-state index is 5.53. The van der Waals surface area contributed by atoms with Gasteiger partial charge in [-0.25, -0.2) is 9.97 Å². The second kappa shape index (κ2) is 22.4. The predicted molar refractivity (Wildman–Crippen MR) is 261 cm³/mol. The molecule has 0 saturated carbocycles. The molecule has 6 rings (SSSR count). The van der Waals surface area contributed by atoms with Crippen molar-refractivity contribution in [3.8, 4) is 22.8 Å². The lowest BCUT2D eigenvalue weighted by molar-refractivity contribution is 0.242. The van der Waals surface area contributed by atoms with Gasteiger partial charge in [0.2, 0.25) is 0 Å². The molecular formula is C51H74N10. The molecule has 6 aromatic rings. The second-order valence-corrected chi connectivity index (χ2v) is 16.1. The molecule has 0 fully saturated rings. The van der Waals surface area contributed by atoms with E-state index in [4.69, 9.17) is 9.97 Å². The maximum atomic E-state index is 5.53. The van der Waals surface area contributed by atoms with Crippen LogP contribution in [0.3, 0.4) is 0 Å². The number of rotatable bonds is 25. The highest BCUT2D eigenvalue weighted by Gasteiger charge is 2.29. The Balaban J connectivity index is 1.51. The maximum Gasteiger partial charge on any atom is 0.142 e. The summed E-state index contributed by atoms with van der Waals surface area (Å²) in [5.41, 5.74) is 9.02. The standard InChI is InChI=1S/C51H74N10/c1-10-55(11-2)32-35-59(36-33-56(12-3)13-4)43-26-22-25-42(38-43)51-53-46-29-19-21-31-48(46)61(51)49(40-58(16-7)17-8)60(37-34-57(14-5)15-6)44-27-23-24-41(39-44)50-52-45-28-18-20-30-47(45)54(50)9/h18-31,38-39,49H,10-17,32-37,40H2,1-9H3. The molecule has 0 aliphatic carbocycles. The molecule has 2 heterocycles. The fraction of sp³-hybridized carbons (Fsp3) is 0.490. The molecule has 0 spiro atoms. The molecule has 0 radical (unpaired) electrons. The van der Waals surface area contributed by atoms with Crippen molar-refractivity contribution in [2.75, 3.05) is 108 Å². The molecule has 4 aromatic carbocycles. The third-order valence-electron chi connectivity index (χ3n) is 13.0. The van der Waals surface area contributed by atoms with Gasteiger partial charge in [-0.15, -0.1) is 0 Å². The first kappa shape index (κ1) is 45.8. The average molecular weight is 827 g/mol. The first-order chi connectivity index (χ1) is 29.8. The predicted octanol–water partition coefficient (Wildman–Crippen LogP) is 9.44. The first-order valence-corrected chi connectivity index (χ1v) is 23.3. The minimum Gasteiger partial charge on any atom is -0.369 e. The van der Waals surface area contributed by atoms with Gasteiger partial charge in [-0.3, -0.25) is 4.90 Å². The van der Waals surface area contributed by atoms with Gasteiger partial charge in [0.15, 0.2) is 0 Å². The SMILES string of the molecule is CCN(CC)CCN(CCN(CC)CC)c1cccc(-c2nc3ccccc3n2C(CN(CC)CC)N(CCN(CC)CC)c2cccc(-c3nc4ccccc4n3C)c2)c1. The van der Waals surface area contributed by atoms with E-state index in [1.165, 1.54) is 11.4 Å². The highest BCUT2D eigenvalue weighted by Crippen LogP contribution is 2.36. The van der Waals surface area contributed by atoms with Gasteiger partial charge in [-0.05, 0) is 101 Å². The van der Waals surface area contributed by atoms with E-state index in [0.717, 1.165) is 143 Å². The van der Waals surface area contributed by atoms with E-state index in [1.807, 2.05) is 0 Å². The summed E-state index contributed by atoms with van der Waals surface area (Å²) in [5, 5.41) is 0. The minimum absolute atomic E-state index is 0.0568. The van der Waals surface area contributed by atoms with Crippen LogP contribution in [-0.2, 0) is 7.05 Å². The molecule has 1 unspecified atom stereocenters. The van der Waals surface area contributed by atoms with Gasteiger partial charge in [0, 0.05) is 75.4 Å². The van der Waals surface area contributed by atoms with Gasteiger partial charge in [-0.2, -0.15) is 0 Å². The molecule has 0 amide bonds. The van der Waals surface area contributed by atoms with Crippen LogP contribution >= 0.6 is 0 Å². The molecule has 10 nitrogen and oxygen atoms in total. The fourth-order valence-electron chi connectivity index (χ4n) is 8.86. The lowest BCUT2D eigenvalue weighted by Gasteiger charge is -2.39. The zero-order valence-electron chi connectivity index (χ0n) is 38.9. The van der Waals surface area contributed by atoms with Crippen molar-refractivity contribution in [1.82, 2.24) is 38.7 Å². The number of hydrogen-bond donors (Lipinski definition) is 0. The molecule has 0 aliphatic heterocycles. The van der Waals surface area contributed by atoms with Crippen molar-refractivity contribution in [2.45, 2.75) is 61.6 Å². The molecule has 0 N–H and O–H groups in total. The topological polar surface area (TPSA) is 55.1 Å². The van der Waals surface area contributed by atoms with Crippen molar-refractivity contribution in [3.05, 3.63) is 97.1 Å². The van der Waals surface area contributed by atoms with Crippen molar-refractivity contribution < 1.29 is 0 Å². The molecule has 2 aromatic heterocycles. The Kier molecular flexibility index (Phi) is 16.8. The fourth-order valence-corrected chi connectivity index (χ4v) is 8.86. The van der Waals surface area contributed by atoms with E-state index in [0.29, 0.717) is 0 Å². The number of aromatic nitrogens is 4. The summed E-state index contributed by atoms with van der Waals surface area (Å²) in [6.45, 7) is 33.1. The summed E-state index contributed by atoms with van der Waals surface area (Å²) in [6.07, 6.45) is -0.0568. The number of imidazole rings is 2. The van der Waals surface area contributed by atoms with E-state index in [2.05, 4.69) is 198 Å². The third kappa shape index (κ3) is 10.8. The summed E-state index contributed by atoms with van der Waals surface area (Å²) < 4.78 is 4.79. The molecule has 0 bridgehead atoms. The molecule has 0 aliphatic rings. The Bertz CT molecular complexity index is 2210. The number of nitrogens with zero attached hydrogens (tertiary/aromatic N) is 10. The van der Waals surface area contributed by atoms with Crippen LogP contribution in [0.25, 0.3) is 44.8 Å². The van der Waals surface area contributed by atoms with Crippen LogP contribution in [0.4, 0.5) is 11.4 Å². The first-order valence-electron chi connectivity index (χ1n) is 23.3. The molecule has 61 heavy (non-hydrogen) atoms. The second-order valence-electron chi connectivity index (χ2n) is 16.1. The van der Waals surface area contributed by atoms with Crippen LogP contribution < -0.4 is 9.80 Å². The van der Waals surface area contributed by atoms with Gasteiger partial charge in [0.25, 0.3) is 0 Å². The van der Waals surface area contributed by atoms with E-state index in [-0.39, 0.29) is 6.17 Å². The lowest BCUT2D eigenvalue weighted by Crippen LogP contribution is -2.45. The average Bonchev–Trinajstić information content (AvgIpc) is 3.86. The summed E-state index contributed by atoms with van der Waals surface area (Å²) in [7, 11) is 2.13. The van der Waals surface area contributed by atoms with Crippen molar-refractivity contribution in [3.63, 3.8) is 0 Å². The Morgan fingerprint density at radius 1 is 0.459 bits per heavy atom. The van der Waals surface area contributed by atoms with Crippen LogP contribution in [0.2, 0.25) is 0 Å². The van der Waals surface area contributed by atoms with E-state index in [9.17, 15) is 0 Å².